The second kappa shape index (κ2) is 9.74. The fourth-order valence-corrected chi connectivity index (χ4v) is 2.42. The minimum absolute atomic E-state index is 0.161. The van der Waals surface area contributed by atoms with Crippen molar-refractivity contribution < 1.29 is 14.3 Å². The summed E-state index contributed by atoms with van der Waals surface area (Å²) in [6, 6.07) is 11.2. The third kappa shape index (κ3) is 6.51. The van der Waals surface area contributed by atoms with E-state index >= 15 is 0 Å². The smallest absolute Gasteiger partial charge is 0.315 e. The molecular weight excluding hydrogens is 342 g/mol. The highest BCUT2D eigenvalue weighted by atomic mass is 35.5. The molecule has 7 heteroatoms. The minimum Gasteiger partial charge on any atom is -0.466 e. The molecule has 1 heterocycles. The quantitative estimate of drug-likeness (QED) is 0.708. The van der Waals surface area contributed by atoms with Gasteiger partial charge in [0, 0.05) is 30.0 Å². The highest BCUT2D eigenvalue weighted by molar-refractivity contribution is 6.30. The summed E-state index contributed by atoms with van der Waals surface area (Å²) in [7, 11) is 0. The fourth-order valence-electron chi connectivity index (χ4n) is 2.30. The first-order valence-corrected chi connectivity index (χ1v) is 8.52. The summed E-state index contributed by atoms with van der Waals surface area (Å²) in [6.07, 6.45) is 2.12. The standard InChI is InChI=1S/C18H22ClN3O3/c1-2-25-17(23)9-10-20-18(24)21-12-16-4-3-11-22(16)13-14-5-7-15(19)8-6-14/h3-8,11H,2,9-10,12-13H2,1H3,(H2,20,21,24). The predicted octanol–water partition coefficient (Wildman–Crippen LogP) is 2.94. The Balaban J connectivity index is 1.77. The van der Waals surface area contributed by atoms with Crippen LogP contribution in [-0.2, 0) is 22.6 Å². The van der Waals surface area contributed by atoms with Gasteiger partial charge in [-0.2, -0.15) is 0 Å². The Morgan fingerprint density at radius 3 is 2.64 bits per heavy atom. The van der Waals surface area contributed by atoms with E-state index < -0.39 is 0 Å². The molecule has 0 saturated carbocycles. The van der Waals surface area contributed by atoms with Gasteiger partial charge < -0.3 is 19.9 Å². The Labute approximate surface area is 152 Å². The summed E-state index contributed by atoms with van der Waals surface area (Å²) in [5.74, 6) is -0.320. The monoisotopic (exact) mass is 363 g/mol. The number of hydrogen-bond donors (Lipinski definition) is 2. The number of ether oxygens (including phenoxy) is 1. The highest BCUT2D eigenvalue weighted by Crippen LogP contribution is 2.12. The van der Waals surface area contributed by atoms with Crippen molar-refractivity contribution in [3.63, 3.8) is 0 Å². The van der Waals surface area contributed by atoms with Gasteiger partial charge in [-0.25, -0.2) is 4.79 Å². The molecule has 2 aromatic rings. The van der Waals surface area contributed by atoms with Crippen molar-refractivity contribution in [1.82, 2.24) is 15.2 Å². The van der Waals surface area contributed by atoms with Crippen molar-refractivity contribution in [2.45, 2.75) is 26.4 Å². The molecule has 25 heavy (non-hydrogen) atoms. The molecule has 0 aliphatic carbocycles. The van der Waals surface area contributed by atoms with Crippen molar-refractivity contribution in [2.75, 3.05) is 13.2 Å². The van der Waals surface area contributed by atoms with Crippen molar-refractivity contribution in [3.8, 4) is 0 Å². The zero-order chi connectivity index (χ0) is 18.1. The number of carbonyl (C=O) groups excluding carboxylic acids is 2. The molecule has 2 rings (SSSR count). The first-order valence-electron chi connectivity index (χ1n) is 8.14. The van der Waals surface area contributed by atoms with Crippen LogP contribution in [-0.4, -0.2) is 29.7 Å². The van der Waals surface area contributed by atoms with Crippen molar-refractivity contribution in [2.24, 2.45) is 0 Å². The van der Waals surface area contributed by atoms with Gasteiger partial charge in [-0.1, -0.05) is 23.7 Å². The van der Waals surface area contributed by atoms with Crippen LogP contribution in [0.4, 0.5) is 4.79 Å². The van der Waals surface area contributed by atoms with Gasteiger partial charge in [0.2, 0.25) is 0 Å². The summed E-state index contributed by atoms with van der Waals surface area (Å²) in [5.41, 5.74) is 2.11. The first-order chi connectivity index (χ1) is 12.1. The van der Waals surface area contributed by atoms with Gasteiger partial charge in [0.15, 0.2) is 0 Å². The lowest BCUT2D eigenvalue weighted by atomic mass is 10.2. The zero-order valence-corrected chi connectivity index (χ0v) is 14.9. The van der Waals surface area contributed by atoms with Crippen LogP contribution in [0.5, 0.6) is 0 Å². The summed E-state index contributed by atoms with van der Waals surface area (Å²) in [6.45, 7) is 3.43. The molecular formula is C18H22ClN3O3. The zero-order valence-electron chi connectivity index (χ0n) is 14.1. The van der Waals surface area contributed by atoms with Crippen LogP contribution in [0.1, 0.15) is 24.6 Å². The molecule has 0 atom stereocenters. The summed E-state index contributed by atoms with van der Waals surface area (Å²) in [4.78, 5) is 23.0. The average Bonchev–Trinajstić information content (AvgIpc) is 3.02. The van der Waals surface area contributed by atoms with Crippen molar-refractivity contribution in [3.05, 3.63) is 58.9 Å². The van der Waals surface area contributed by atoms with E-state index in [9.17, 15) is 9.59 Å². The number of aromatic nitrogens is 1. The van der Waals surface area contributed by atoms with E-state index in [1.165, 1.54) is 0 Å². The van der Waals surface area contributed by atoms with E-state index in [2.05, 4.69) is 15.2 Å². The Morgan fingerprint density at radius 1 is 1.16 bits per heavy atom. The van der Waals surface area contributed by atoms with Crippen LogP contribution in [0.25, 0.3) is 0 Å². The number of nitrogens with one attached hydrogen (secondary N) is 2. The molecule has 0 aliphatic rings. The Bertz CT molecular complexity index is 698. The summed E-state index contributed by atoms with van der Waals surface area (Å²) in [5, 5.41) is 6.12. The third-order valence-electron chi connectivity index (χ3n) is 3.54. The van der Waals surface area contributed by atoms with Gasteiger partial charge in [-0.3, -0.25) is 4.79 Å². The Kier molecular flexibility index (Phi) is 7.35. The molecule has 2 N–H and O–H groups in total. The van der Waals surface area contributed by atoms with Gasteiger partial charge in [0.05, 0.1) is 19.6 Å². The highest BCUT2D eigenvalue weighted by Gasteiger charge is 2.06. The average molecular weight is 364 g/mol. The first kappa shape index (κ1) is 18.9. The molecule has 0 unspecified atom stereocenters. The number of esters is 1. The maximum atomic E-state index is 11.8. The lowest BCUT2D eigenvalue weighted by Crippen LogP contribution is -2.36. The number of benzene rings is 1. The van der Waals surface area contributed by atoms with Crippen LogP contribution in [0.15, 0.2) is 42.6 Å². The van der Waals surface area contributed by atoms with Crippen LogP contribution in [0.3, 0.4) is 0 Å². The van der Waals surface area contributed by atoms with Crippen LogP contribution >= 0.6 is 11.6 Å². The number of rotatable bonds is 8. The molecule has 0 radical (unpaired) electrons. The molecule has 6 nitrogen and oxygen atoms in total. The van der Waals surface area contributed by atoms with E-state index in [0.717, 1.165) is 11.3 Å². The molecule has 2 amide bonds. The van der Waals surface area contributed by atoms with Gasteiger partial charge in [-0.15, -0.1) is 0 Å². The van der Waals surface area contributed by atoms with Crippen molar-refractivity contribution >= 4 is 23.6 Å². The van der Waals surface area contributed by atoms with Crippen LogP contribution < -0.4 is 10.6 Å². The number of halogens is 1. The van der Waals surface area contributed by atoms with Gasteiger partial charge in [0.25, 0.3) is 0 Å². The van der Waals surface area contributed by atoms with Crippen LogP contribution in [0.2, 0.25) is 5.02 Å². The summed E-state index contributed by atoms with van der Waals surface area (Å²) >= 11 is 5.90. The van der Waals surface area contributed by atoms with Crippen molar-refractivity contribution in [1.29, 1.82) is 0 Å². The minimum atomic E-state index is -0.320. The number of nitrogens with zero attached hydrogens (tertiary/aromatic N) is 1. The molecule has 0 aliphatic heterocycles. The van der Waals surface area contributed by atoms with Gasteiger partial charge in [-0.05, 0) is 36.8 Å². The van der Waals surface area contributed by atoms with E-state index in [1.807, 2.05) is 42.6 Å². The van der Waals surface area contributed by atoms with Crippen LogP contribution in [0, 0.1) is 0 Å². The molecule has 0 saturated heterocycles. The normalized spacial score (nSPS) is 10.3. The fraction of sp³-hybridized carbons (Fsp3) is 0.333. The van der Waals surface area contributed by atoms with E-state index in [-0.39, 0.29) is 25.0 Å². The molecule has 1 aromatic heterocycles. The summed E-state index contributed by atoms with van der Waals surface area (Å²) < 4.78 is 6.86. The van der Waals surface area contributed by atoms with E-state index in [0.29, 0.717) is 24.7 Å². The maximum absolute atomic E-state index is 11.8. The molecule has 1 aromatic carbocycles. The lowest BCUT2D eigenvalue weighted by molar-refractivity contribution is -0.142. The molecule has 134 valence electrons. The van der Waals surface area contributed by atoms with Gasteiger partial charge >= 0.3 is 12.0 Å². The Hall–Kier alpha value is -2.47. The number of urea groups is 1. The molecule has 0 fully saturated rings. The lowest BCUT2D eigenvalue weighted by Gasteiger charge is -2.11. The second-order valence-electron chi connectivity index (χ2n) is 5.42. The second-order valence-corrected chi connectivity index (χ2v) is 5.85. The van der Waals surface area contributed by atoms with E-state index in [4.69, 9.17) is 16.3 Å². The van der Waals surface area contributed by atoms with Gasteiger partial charge in [0.1, 0.15) is 0 Å². The maximum Gasteiger partial charge on any atom is 0.315 e. The third-order valence-corrected chi connectivity index (χ3v) is 3.79. The number of hydrogen-bond acceptors (Lipinski definition) is 3. The topological polar surface area (TPSA) is 72.4 Å². The number of carbonyl (C=O) groups is 2. The van der Waals surface area contributed by atoms with E-state index in [1.54, 1.807) is 6.92 Å². The SMILES string of the molecule is CCOC(=O)CCNC(=O)NCc1cccn1Cc1ccc(Cl)cc1. The predicted molar refractivity (Wildman–Crippen MR) is 96.5 cm³/mol. The molecule has 0 spiro atoms. The molecule has 0 bridgehead atoms. The largest absolute Gasteiger partial charge is 0.466 e. The Morgan fingerprint density at radius 2 is 1.92 bits per heavy atom. The number of amides is 2.